The molecule has 1 aromatic carbocycles. The van der Waals surface area contributed by atoms with Crippen molar-refractivity contribution in [3.63, 3.8) is 0 Å². The summed E-state index contributed by atoms with van der Waals surface area (Å²) in [4.78, 5) is 2.39. The molecule has 1 aliphatic carbocycles. The topological polar surface area (TPSA) is 49.5 Å². The van der Waals surface area contributed by atoms with Crippen LogP contribution < -0.4 is 5.73 Å². The van der Waals surface area contributed by atoms with Crippen molar-refractivity contribution in [3.05, 3.63) is 35.1 Å². The summed E-state index contributed by atoms with van der Waals surface area (Å²) in [5.74, 6) is 0.177. The van der Waals surface area contributed by atoms with Crippen LogP contribution in [0.3, 0.4) is 0 Å². The van der Waals surface area contributed by atoms with Crippen LogP contribution in [0.25, 0.3) is 0 Å². The second kappa shape index (κ2) is 6.03. The van der Waals surface area contributed by atoms with Gasteiger partial charge in [0, 0.05) is 37.7 Å². The van der Waals surface area contributed by atoms with E-state index in [2.05, 4.69) is 4.90 Å². The molecule has 1 aliphatic heterocycles. The molecule has 0 spiro atoms. The highest BCUT2D eigenvalue weighted by Crippen LogP contribution is 2.40. The number of benzene rings is 1. The fourth-order valence-corrected chi connectivity index (χ4v) is 3.92. The maximum Gasteiger partial charge on any atom is 0.127 e. The first-order valence-electron chi connectivity index (χ1n) is 8.03. The Balaban J connectivity index is 1.66. The molecular formula is C17H25FN2O. The highest BCUT2D eigenvalue weighted by atomic mass is 19.1. The van der Waals surface area contributed by atoms with E-state index in [1.54, 1.807) is 0 Å². The Morgan fingerprint density at radius 1 is 1.33 bits per heavy atom. The standard InChI is InChI=1S/C17H25FN2O/c18-16-5-4-13(9-14(16)10-19)11-20-8-7-17(21)6-2-1-3-15(17)12-20/h4-5,9,15,21H,1-3,6-8,10-12,19H2. The van der Waals surface area contributed by atoms with Crippen LogP contribution in [0.1, 0.15) is 43.2 Å². The smallest absolute Gasteiger partial charge is 0.127 e. The Kier molecular flexibility index (Phi) is 4.29. The van der Waals surface area contributed by atoms with E-state index in [0.717, 1.165) is 50.9 Å². The molecule has 3 rings (SSSR count). The largest absolute Gasteiger partial charge is 0.390 e. The Labute approximate surface area is 125 Å². The van der Waals surface area contributed by atoms with Gasteiger partial charge in [0.2, 0.25) is 0 Å². The van der Waals surface area contributed by atoms with E-state index in [0.29, 0.717) is 11.5 Å². The molecule has 3 nitrogen and oxygen atoms in total. The molecule has 2 atom stereocenters. The van der Waals surface area contributed by atoms with E-state index in [-0.39, 0.29) is 12.4 Å². The Morgan fingerprint density at radius 2 is 2.19 bits per heavy atom. The molecule has 116 valence electrons. The first-order valence-corrected chi connectivity index (χ1v) is 8.03. The molecule has 1 saturated heterocycles. The number of hydrogen-bond donors (Lipinski definition) is 2. The van der Waals surface area contributed by atoms with Gasteiger partial charge in [-0.15, -0.1) is 0 Å². The van der Waals surface area contributed by atoms with Crippen molar-refractivity contribution in [2.45, 2.75) is 50.8 Å². The molecule has 2 fully saturated rings. The summed E-state index contributed by atoms with van der Waals surface area (Å²) in [7, 11) is 0. The predicted molar refractivity (Wildman–Crippen MR) is 81.1 cm³/mol. The minimum Gasteiger partial charge on any atom is -0.390 e. The normalized spacial score (nSPS) is 30.1. The number of aliphatic hydroxyl groups is 1. The summed E-state index contributed by atoms with van der Waals surface area (Å²) in [5.41, 5.74) is 6.83. The zero-order valence-electron chi connectivity index (χ0n) is 12.5. The van der Waals surface area contributed by atoms with Gasteiger partial charge in [0.05, 0.1) is 5.60 Å². The van der Waals surface area contributed by atoms with Gasteiger partial charge >= 0.3 is 0 Å². The summed E-state index contributed by atoms with van der Waals surface area (Å²) in [6.45, 7) is 2.93. The van der Waals surface area contributed by atoms with Gasteiger partial charge in [0.1, 0.15) is 5.82 Å². The van der Waals surface area contributed by atoms with Crippen LogP contribution in [-0.2, 0) is 13.1 Å². The van der Waals surface area contributed by atoms with Crippen LogP contribution in [-0.4, -0.2) is 28.7 Å². The van der Waals surface area contributed by atoms with E-state index >= 15 is 0 Å². The molecule has 0 aromatic heterocycles. The van der Waals surface area contributed by atoms with Crippen LogP contribution in [0.2, 0.25) is 0 Å². The van der Waals surface area contributed by atoms with E-state index in [1.807, 2.05) is 12.1 Å². The van der Waals surface area contributed by atoms with Gasteiger partial charge in [0.25, 0.3) is 0 Å². The third-order valence-corrected chi connectivity index (χ3v) is 5.25. The van der Waals surface area contributed by atoms with E-state index in [4.69, 9.17) is 5.73 Å². The summed E-state index contributed by atoms with van der Waals surface area (Å²) >= 11 is 0. The van der Waals surface area contributed by atoms with Crippen LogP contribution in [0.5, 0.6) is 0 Å². The zero-order chi connectivity index (χ0) is 14.9. The number of fused-ring (bicyclic) bond motifs is 1. The molecule has 1 heterocycles. The molecule has 2 unspecified atom stereocenters. The fraction of sp³-hybridized carbons (Fsp3) is 0.647. The molecule has 4 heteroatoms. The molecule has 3 N–H and O–H groups in total. The lowest BCUT2D eigenvalue weighted by Crippen LogP contribution is -2.52. The van der Waals surface area contributed by atoms with Crippen molar-refractivity contribution < 1.29 is 9.50 Å². The number of hydrogen-bond acceptors (Lipinski definition) is 3. The number of nitrogens with two attached hydrogens (primary N) is 1. The lowest BCUT2D eigenvalue weighted by atomic mass is 9.71. The van der Waals surface area contributed by atoms with E-state index in [9.17, 15) is 9.50 Å². The average Bonchev–Trinajstić information content (AvgIpc) is 2.49. The van der Waals surface area contributed by atoms with Crippen molar-refractivity contribution in [2.24, 2.45) is 11.7 Å². The maximum atomic E-state index is 13.5. The van der Waals surface area contributed by atoms with Crippen LogP contribution in [0.4, 0.5) is 4.39 Å². The number of halogens is 1. The summed E-state index contributed by atoms with van der Waals surface area (Å²) in [6, 6.07) is 5.23. The Morgan fingerprint density at radius 3 is 3.00 bits per heavy atom. The highest BCUT2D eigenvalue weighted by molar-refractivity contribution is 5.25. The van der Waals surface area contributed by atoms with Crippen LogP contribution in [0.15, 0.2) is 18.2 Å². The van der Waals surface area contributed by atoms with Gasteiger partial charge in [-0.05, 0) is 30.9 Å². The molecule has 2 aliphatic rings. The molecular weight excluding hydrogens is 267 g/mol. The van der Waals surface area contributed by atoms with Crippen molar-refractivity contribution in [1.29, 1.82) is 0 Å². The van der Waals surface area contributed by atoms with Crippen LogP contribution >= 0.6 is 0 Å². The lowest BCUT2D eigenvalue weighted by molar-refractivity contribution is -0.0967. The van der Waals surface area contributed by atoms with Crippen LogP contribution in [0, 0.1) is 11.7 Å². The molecule has 1 saturated carbocycles. The monoisotopic (exact) mass is 292 g/mol. The molecule has 1 aromatic rings. The van der Waals surface area contributed by atoms with Gasteiger partial charge in [-0.25, -0.2) is 4.39 Å². The second-order valence-electron chi connectivity index (χ2n) is 6.66. The maximum absolute atomic E-state index is 13.5. The summed E-state index contributed by atoms with van der Waals surface area (Å²) in [5, 5.41) is 10.7. The van der Waals surface area contributed by atoms with Gasteiger partial charge in [-0.2, -0.15) is 0 Å². The van der Waals surface area contributed by atoms with Gasteiger partial charge in [-0.3, -0.25) is 4.90 Å². The molecule has 0 bridgehead atoms. The predicted octanol–water partition coefficient (Wildman–Crippen LogP) is 2.41. The van der Waals surface area contributed by atoms with Crippen molar-refractivity contribution in [1.82, 2.24) is 4.90 Å². The number of nitrogens with zero attached hydrogens (tertiary/aromatic N) is 1. The Hall–Kier alpha value is -0.970. The number of piperidine rings is 1. The van der Waals surface area contributed by atoms with Crippen molar-refractivity contribution in [2.75, 3.05) is 13.1 Å². The minimum atomic E-state index is -0.431. The number of likely N-dealkylation sites (tertiary alicyclic amines) is 1. The fourth-order valence-electron chi connectivity index (χ4n) is 3.92. The third kappa shape index (κ3) is 3.12. The van der Waals surface area contributed by atoms with Crippen molar-refractivity contribution >= 4 is 0 Å². The summed E-state index contributed by atoms with van der Waals surface area (Å²) in [6.07, 6.45) is 5.34. The van der Waals surface area contributed by atoms with E-state index in [1.165, 1.54) is 12.5 Å². The van der Waals surface area contributed by atoms with Gasteiger partial charge in [0.15, 0.2) is 0 Å². The van der Waals surface area contributed by atoms with E-state index < -0.39 is 5.60 Å². The second-order valence-corrected chi connectivity index (χ2v) is 6.66. The van der Waals surface area contributed by atoms with Gasteiger partial charge < -0.3 is 10.8 Å². The lowest BCUT2D eigenvalue weighted by Gasteiger charge is -2.47. The highest BCUT2D eigenvalue weighted by Gasteiger charge is 2.42. The quantitative estimate of drug-likeness (QED) is 0.899. The molecule has 0 radical (unpaired) electrons. The molecule has 0 amide bonds. The first kappa shape index (κ1) is 14.9. The average molecular weight is 292 g/mol. The SMILES string of the molecule is NCc1cc(CN2CCC3(O)CCCCC3C2)ccc1F. The first-order chi connectivity index (χ1) is 10.1. The van der Waals surface area contributed by atoms with Crippen molar-refractivity contribution in [3.8, 4) is 0 Å². The molecule has 21 heavy (non-hydrogen) atoms. The third-order valence-electron chi connectivity index (χ3n) is 5.25. The zero-order valence-corrected chi connectivity index (χ0v) is 12.5. The minimum absolute atomic E-state index is 0.221. The Bertz CT molecular complexity index is 508. The number of rotatable bonds is 3. The summed E-state index contributed by atoms with van der Waals surface area (Å²) < 4.78 is 13.5. The van der Waals surface area contributed by atoms with Gasteiger partial charge in [-0.1, -0.05) is 25.0 Å².